The Labute approximate surface area is 206 Å². The first-order chi connectivity index (χ1) is 17.0. The average Bonchev–Trinajstić information content (AvgIpc) is 2.88. The fraction of sp³-hybridized carbons (Fsp3) is 0.481. The summed E-state index contributed by atoms with van der Waals surface area (Å²) in [7, 11) is 3.73. The van der Waals surface area contributed by atoms with Crippen LogP contribution in [0.4, 0.5) is 10.1 Å². The van der Waals surface area contributed by atoms with Gasteiger partial charge in [-0.3, -0.25) is 9.59 Å². The molecule has 4 rings (SSSR count). The van der Waals surface area contributed by atoms with Gasteiger partial charge in [0.2, 0.25) is 11.8 Å². The van der Waals surface area contributed by atoms with Crippen LogP contribution in [-0.4, -0.2) is 75.0 Å². The highest BCUT2D eigenvalue weighted by Crippen LogP contribution is 2.40. The predicted octanol–water partition coefficient (Wildman–Crippen LogP) is 3.07. The lowest BCUT2D eigenvalue weighted by molar-refractivity contribution is -0.129. The highest BCUT2D eigenvalue weighted by molar-refractivity contribution is 5.97. The van der Waals surface area contributed by atoms with E-state index in [9.17, 15) is 14.0 Å². The molecule has 2 aliphatic rings. The van der Waals surface area contributed by atoms with E-state index in [2.05, 4.69) is 22.2 Å². The number of halogens is 1. The Morgan fingerprint density at radius 3 is 2.40 bits per heavy atom. The number of ether oxygens (including phenoxy) is 1. The van der Waals surface area contributed by atoms with Crippen molar-refractivity contribution < 1.29 is 18.7 Å². The lowest BCUT2D eigenvalue weighted by Gasteiger charge is -2.41. The van der Waals surface area contributed by atoms with Crippen molar-refractivity contribution >= 4 is 17.5 Å². The molecule has 0 saturated carbocycles. The monoisotopic (exact) mass is 482 g/mol. The van der Waals surface area contributed by atoms with E-state index in [1.54, 1.807) is 36.3 Å². The van der Waals surface area contributed by atoms with Crippen molar-refractivity contribution in [2.45, 2.75) is 25.3 Å². The summed E-state index contributed by atoms with van der Waals surface area (Å²) < 4.78 is 18.9. The van der Waals surface area contributed by atoms with Gasteiger partial charge in [0.15, 0.2) is 0 Å². The number of likely N-dealkylation sites (N-methyl/N-ethyl adjacent to an activating group) is 1. The quantitative estimate of drug-likeness (QED) is 0.586. The molecule has 2 aliphatic heterocycles. The lowest BCUT2D eigenvalue weighted by Crippen LogP contribution is -2.49. The minimum Gasteiger partial charge on any atom is -0.497 e. The Morgan fingerprint density at radius 2 is 1.74 bits per heavy atom. The fourth-order valence-corrected chi connectivity index (χ4v) is 4.97. The van der Waals surface area contributed by atoms with Crippen molar-refractivity contribution in [2.75, 3.05) is 58.3 Å². The molecule has 2 fully saturated rings. The van der Waals surface area contributed by atoms with Crippen molar-refractivity contribution in [1.82, 2.24) is 15.1 Å². The Hall–Kier alpha value is -2.97. The van der Waals surface area contributed by atoms with Crippen molar-refractivity contribution in [2.24, 2.45) is 5.92 Å². The van der Waals surface area contributed by atoms with Gasteiger partial charge >= 0.3 is 0 Å². The second kappa shape index (κ2) is 11.6. The molecule has 2 saturated heterocycles. The van der Waals surface area contributed by atoms with Crippen LogP contribution in [0.3, 0.4) is 0 Å². The van der Waals surface area contributed by atoms with Gasteiger partial charge in [-0.05, 0) is 68.4 Å². The summed E-state index contributed by atoms with van der Waals surface area (Å²) in [6.07, 6.45) is 1.62. The van der Waals surface area contributed by atoms with E-state index < -0.39 is 12.0 Å². The zero-order valence-electron chi connectivity index (χ0n) is 20.6. The summed E-state index contributed by atoms with van der Waals surface area (Å²) in [6, 6.07) is 12.8. The van der Waals surface area contributed by atoms with Crippen LogP contribution in [0.1, 0.15) is 30.9 Å². The Bertz CT molecular complexity index is 990. The van der Waals surface area contributed by atoms with Gasteiger partial charge in [0.1, 0.15) is 11.6 Å². The summed E-state index contributed by atoms with van der Waals surface area (Å²) >= 11 is 0. The van der Waals surface area contributed by atoms with Gasteiger partial charge in [0, 0.05) is 44.8 Å². The molecule has 1 N–H and O–H groups in total. The SMILES string of the molecule is COc1ccc(N2C(=O)CCC(C(=O)NCCCN3CCN(C)CC3)C2c2ccc(F)cc2)cc1. The largest absolute Gasteiger partial charge is 0.497 e. The van der Waals surface area contributed by atoms with Crippen molar-refractivity contribution in [3.05, 3.63) is 59.9 Å². The smallest absolute Gasteiger partial charge is 0.227 e. The first kappa shape index (κ1) is 25.1. The number of carbonyl (C=O) groups is 2. The summed E-state index contributed by atoms with van der Waals surface area (Å²) in [5.41, 5.74) is 1.44. The third-order valence-electron chi connectivity index (χ3n) is 7.04. The molecular weight excluding hydrogens is 447 g/mol. The Morgan fingerprint density at radius 1 is 1.06 bits per heavy atom. The lowest BCUT2D eigenvalue weighted by atomic mass is 9.83. The van der Waals surface area contributed by atoms with E-state index in [4.69, 9.17) is 4.74 Å². The predicted molar refractivity (Wildman–Crippen MR) is 134 cm³/mol. The van der Waals surface area contributed by atoms with Gasteiger partial charge in [-0.25, -0.2) is 4.39 Å². The van der Waals surface area contributed by atoms with Crippen molar-refractivity contribution in [3.8, 4) is 5.75 Å². The standard InChI is InChI=1S/C27H35FN4O3/c1-30-16-18-31(19-17-30)15-3-14-29-27(34)24-12-13-25(33)32(22-8-10-23(35-2)11-9-22)26(24)20-4-6-21(28)7-5-20/h4-11,24,26H,3,12-19H2,1-2H3,(H,29,34). The van der Waals surface area contributed by atoms with E-state index in [1.807, 2.05) is 12.1 Å². The molecule has 8 heteroatoms. The number of amides is 2. The first-order valence-electron chi connectivity index (χ1n) is 12.4. The number of carbonyl (C=O) groups excluding carboxylic acids is 2. The minimum absolute atomic E-state index is 0.0522. The second-order valence-electron chi connectivity index (χ2n) is 9.39. The number of nitrogens with one attached hydrogen (secondary N) is 1. The summed E-state index contributed by atoms with van der Waals surface area (Å²) in [5, 5.41) is 3.11. The molecule has 2 unspecified atom stereocenters. The van der Waals surface area contributed by atoms with Gasteiger partial charge in [0.25, 0.3) is 0 Å². The highest BCUT2D eigenvalue weighted by atomic mass is 19.1. The number of rotatable bonds is 8. The Kier molecular flexibility index (Phi) is 8.36. The third-order valence-corrected chi connectivity index (χ3v) is 7.04. The van der Waals surface area contributed by atoms with Gasteiger partial charge in [-0.15, -0.1) is 0 Å². The summed E-state index contributed by atoms with van der Waals surface area (Å²) in [4.78, 5) is 32.9. The fourth-order valence-electron chi connectivity index (χ4n) is 4.97. The average molecular weight is 483 g/mol. The number of piperazine rings is 1. The third kappa shape index (κ3) is 6.18. The second-order valence-corrected chi connectivity index (χ2v) is 9.39. The van der Waals surface area contributed by atoms with Crippen molar-refractivity contribution in [3.63, 3.8) is 0 Å². The first-order valence-corrected chi connectivity index (χ1v) is 12.4. The van der Waals surface area contributed by atoms with Crippen LogP contribution in [0.2, 0.25) is 0 Å². The molecule has 0 radical (unpaired) electrons. The zero-order valence-corrected chi connectivity index (χ0v) is 20.6. The number of methoxy groups -OCH3 is 1. The van der Waals surface area contributed by atoms with Crippen LogP contribution in [0.15, 0.2) is 48.5 Å². The molecule has 188 valence electrons. The van der Waals surface area contributed by atoms with Gasteiger partial charge in [-0.1, -0.05) is 12.1 Å². The molecule has 0 aromatic heterocycles. The molecule has 0 bridgehead atoms. The van der Waals surface area contributed by atoms with Crippen LogP contribution >= 0.6 is 0 Å². The van der Waals surface area contributed by atoms with Crippen LogP contribution in [0.5, 0.6) is 5.75 Å². The summed E-state index contributed by atoms with van der Waals surface area (Å²) in [5.74, 6) is -0.209. The van der Waals surface area contributed by atoms with E-state index in [1.165, 1.54) is 12.1 Å². The van der Waals surface area contributed by atoms with E-state index in [0.717, 1.165) is 44.7 Å². The molecule has 35 heavy (non-hydrogen) atoms. The molecule has 2 atom stereocenters. The Balaban J connectivity index is 1.48. The topological polar surface area (TPSA) is 65.1 Å². The molecular formula is C27H35FN4O3. The molecule has 0 aliphatic carbocycles. The van der Waals surface area contributed by atoms with Crippen LogP contribution < -0.4 is 15.0 Å². The number of piperidine rings is 1. The molecule has 2 aromatic rings. The highest BCUT2D eigenvalue weighted by Gasteiger charge is 2.41. The maximum atomic E-state index is 13.7. The van der Waals surface area contributed by atoms with Gasteiger partial charge < -0.3 is 24.8 Å². The molecule has 7 nitrogen and oxygen atoms in total. The number of anilines is 1. The number of nitrogens with zero attached hydrogens (tertiary/aromatic N) is 3. The number of hydrogen-bond acceptors (Lipinski definition) is 5. The summed E-state index contributed by atoms with van der Waals surface area (Å²) in [6.45, 7) is 5.80. The van der Waals surface area contributed by atoms with Crippen molar-refractivity contribution in [1.29, 1.82) is 0 Å². The normalized spacial score (nSPS) is 21.7. The molecule has 2 amide bonds. The van der Waals surface area contributed by atoms with E-state index in [-0.39, 0.29) is 24.1 Å². The van der Waals surface area contributed by atoms with E-state index >= 15 is 0 Å². The van der Waals surface area contributed by atoms with Crippen LogP contribution in [0.25, 0.3) is 0 Å². The number of benzene rings is 2. The van der Waals surface area contributed by atoms with Crippen LogP contribution in [-0.2, 0) is 9.59 Å². The molecule has 2 heterocycles. The maximum Gasteiger partial charge on any atom is 0.227 e. The molecule has 0 spiro atoms. The molecule has 2 aromatic carbocycles. The minimum atomic E-state index is -0.511. The number of hydrogen-bond donors (Lipinski definition) is 1. The van der Waals surface area contributed by atoms with Crippen LogP contribution in [0, 0.1) is 11.7 Å². The zero-order chi connectivity index (χ0) is 24.8. The van der Waals surface area contributed by atoms with Gasteiger partial charge in [0.05, 0.1) is 19.1 Å². The van der Waals surface area contributed by atoms with Gasteiger partial charge in [-0.2, -0.15) is 0 Å². The van der Waals surface area contributed by atoms with E-state index in [0.29, 0.717) is 24.4 Å². The maximum absolute atomic E-state index is 13.7.